The zero-order valence-electron chi connectivity index (χ0n) is 5.70. The summed E-state index contributed by atoms with van der Waals surface area (Å²) in [6.45, 7) is 0. The van der Waals surface area contributed by atoms with Gasteiger partial charge in [0.25, 0.3) is 0 Å². The Morgan fingerprint density at radius 2 is 2.40 bits per heavy atom. The third kappa shape index (κ3) is 1.68. The Hall–Kier alpha value is -0.140. The first kappa shape index (κ1) is 7.96. The molecule has 1 nitrogen and oxygen atoms in total. The van der Waals surface area contributed by atoms with Crippen LogP contribution in [0, 0.1) is 0 Å². The molecule has 0 radical (unpaired) electrons. The molecule has 1 N–H and O–H groups in total. The molecule has 3 heteroatoms. The number of allylic oxidation sites excluding steroid dienone is 4. The molecule has 0 aliphatic heterocycles. The van der Waals surface area contributed by atoms with Gasteiger partial charge >= 0.3 is 0 Å². The lowest BCUT2D eigenvalue weighted by Crippen LogP contribution is -2.13. The number of halogens is 2. The summed E-state index contributed by atoms with van der Waals surface area (Å²) in [5, 5.41) is 3.85. The lowest BCUT2D eigenvalue weighted by Gasteiger charge is -2.14. The van der Waals surface area contributed by atoms with Crippen LogP contribution < -0.4 is 5.32 Å². The van der Waals surface area contributed by atoms with Crippen molar-refractivity contribution >= 4 is 23.2 Å². The van der Waals surface area contributed by atoms with E-state index in [2.05, 4.69) is 5.32 Å². The number of hydrogen-bond donors (Lipinski definition) is 1. The standard InChI is InChI=1S/C7H9Cl2N/c1-10-7-4-5(8)2-3-6(7)9/h2-3,5,10H,4H2,1H3. The van der Waals surface area contributed by atoms with Crippen molar-refractivity contribution in [2.75, 3.05) is 7.05 Å². The summed E-state index contributed by atoms with van der Waals surface area (Å²) in [6, 6.07) is 0. The van der Waals surface area contributed by atoms with Crippen LogP contribution in [0.5, 0.6) is 0 Å². The first-order chi connectivity index (χ1) is 4.74. The quantitative estimate of drug-likeness (QED) is 0.607. The summed E-state index contributed by atoms with van der Waals surface area (Å²) in [6.07, 6.45) is 4.52. The molecule has 1 aliphatic rings. The van der Waals surface area contributed by atoms with E-state index in [1.807, 2.05) is 19.2 Å². The molecule has 0 amide bonds. The smallest absolute Gasteiger partial charge is 0.0593 e. The summed E-state index contributed by atoms with van der Waals surface area (Å²) >= 11 is 11.7. The zero-order valence-corrected chi connectivity index (χ0v) is 7.21. The monoisotopic (exact) mass is 177 g/mol. The Labute approximate surface area is 70.7 Å². The molecule has 1 rings (SSSR count). The molecule has 0 bridgehead atoms. The largest absolute Gasteiger partial charge is 0.390 e. The number of alkyl halides is 1. The van der Waals surface area contributed by atoms with E-state index in [0.29, 0.717) is 0 Å². The zero-order chi connectivity index (χ0) is 7.56. The molecular formula is C7H9Cl2N. The Balaban J connectivity index is 2.74. The second-order valence-electron chi connectivity index (χ2n) is 2.16. The fraction of sp³-hybridized carbons (Fsp3) is 0.429. The highest BCUT2D eigenvalue weighted by Crippen LogP contribution is 2.22. The van der Waals surface area contributed by atoms with Gasteiger partial charge in [0.1, 0.15) is 0 Å². The highest BCUT2D eigenvalue weighted by Gasteiger charge is 2.10. The van der Waals surface area contributed by atoms with Gasteiger partial charge in [-0.2, -0.15) is 0 Å². The van der Waals surface area contributed by atoms with Crippen molar-refractivity contribution < 1.29 is 0 Å². The molecule has 1 aliphatic carbocycles. The average Bonchev–Trinajstić information content (AvgIpc) is 1.94. The van der Waals surface area contributed by atoms with E-state index in [9.17, 15) is 0 Å². The van der Waals surface area contributed by atoms with Crippen molar-refractivity contribution in [2.45, 2.75) is 11.8 Å². The summed E-state index contributed by atoms with van der Waals surface area (Å²) in [4.78, 5) is 0. The minimum atomic E-state index is 0.0879. The van der Waals surface area contributed by atoms with Crippen molar-refractivity contribution in [3.63, 3.8) is 0 Å². The highest BCUT2D eigenvalue weighted by molar-refractivity contribution is 6.32. The molecule has 56 valence electrons. The maximum absolute atomic E-state index is 5.84. The van der Waals surface area contributed by atoms with Crippen LogP contribution in [0.15, 0.2) is 22.9 Å². The van der Waals surface area contributed by atoms with Crippen molar-refractivity contribution in [1.82, 2.24) is 5.32 Å². The first-order valence-corrected chi connectivity index (χ1v) is 3.94. The first-order valence-electron chi connectivity index (χ1n) is 3.12. The van der Waals surface area contributed by atoms with Crippen LogP contribution in [0.3, 0.4) is 0 Å². The third-order valence-electron chi connectivity index (χ3n) is 1.44. The predicted octanol–water partition coefficient (Wildman–Crippen LogP) is 2.22. The lowest BCUT2D eigenvalue weighted by molar-refractivity contribution is 0.841. The molecule has 0 fully saturated rings. The maximum atomic E-state index is 5.84. The van der Waals surface area contributed by atoms with E-state index in [4.69, 9.17) is 23.2 Å². The molecule has 0 spiro atoms. The molecule has 0 saturated carbocycles. The van der Waals surface area contributed by atoms with Crippen LogP contribution in [0.4, 0.5) is 0 Å². The van der Waals surface area contributed by atoms with Crippen LogP contribution in [0.1, 0.15) is 6.42 Å². The van der Waals surface area contributed by atoms with Crippen LogP contribution in [-0.4, -0.2) is 12.4 Å². The SMILES string of the molecule is CNC1=C(Cl)C=CC(Cl)C1. The molecule has 1 unspecified atom stereocenters. The molecule has 10 heavy (non-hydrogen) atoms. The Morgan fingerprint density at radius 1 is 1.70 bits per heavy atom. The summed E-state index contributed by atoms with van der Waals surface area (Å²) in [7, 11) is 1.85. The molecule has 0 aromatic rings. The van der Waals surface area contributed by atoms with Gasteiger partial charge in [0, 0.05) is 19.2 Å². The minimum Gasteiger partial charge on any atom is -0.390 e. The van der Waals surface area contributed by atoms with E-state index in [0.717, 1.165) is 17.2 Å². The molecule has 0 aromatic heterocycles. The predicted molar refractivity (Wildman–Crippen MR) is 45.3 cm³/mol. The highest BCUT2D eigenvalue weighted by atomic mass is 35.5. The molecular weight excluding hydrogens is 169 g/mol. The van der Waals surface area contributed by atoms with Gasteiger partial charge in [-0.15, -0.1) is 11.6 Å². The number of hydrogen-bond acceptors (Lipinski definition) is 1. The fourth-order valence-electron chi connectivity index (χ4n) is 0.872. The van der Waals surface area contributed by atoms with Gasteiger partial charge in [-0.25, -0.2) is 0 Å². The van der Waals surface area contributed by atoms with E-state index in [-0.39, 0.29) is 5.38 Å². The van der Waals surface area contributed by atoms with Gasteiger partial charge in [-0.1, -0.05) is 17.7 Å². The molecule has 0 heterocycles. The van der Waals surface area contributed by atoms with Crippen LogP contribution in [0.2, 0.25) is 0 Å². The number of rotatable bonds is 1. The Bertz CT molecular complexity index is 184. The van der Waals surface area contributed by atoms with Gasteiger partial charge in [0.15, 0.2) is 0 Å². The van der Waals surface area contributed by atoms with Gasteiger partial charge in [-0.3, -0.25) is 0 Å². The normalized spacial score (nSPS) is 25.3. The molecule has 0 saturated heterocycles. The molecule has 1 atom stereocenters. The van der Waals surface area contributed by atoms with Gasteiger partial charge in [-0.05, 0) is 6.08 Å². The van der Waals surface area contributed by atoms with E-state index >= 15 is 0 Å². The second kappa shape index (κ2) is 3.31. The fourth-order valence-corrected chi connectivity index (χ4v) is 1.34. The average molecular weight is 178 g/mol. The summed E-state index contributed by atoms with van der Waals surface area (Å²) < 4.78 is 0. The Kier molecular flexibility index (Phi) is 2.64. The van der Waals surface area contributed by atoms with Crippen LogP contribution >= 0.6 is 23.2 Å². The van der Waals surface area contributed by atoms with Crippen molar-refractivity contribution in [3.05, 3.63) is 22.9 Å². The van der Waals surface area contributed by atoms with E-state index in [1.54, 1.807) is 0 Å². The van der Waals surface area contributed by atoms with Crippen LogP contribution in [-0.2, 0) is 0 Å². The van der Waals surface area contributed by atoms with E-state index in [1.165, 1.54) is 0 Å². The lowest BCUT2D eigenvalue weighted by atomic mass is 10.1. The second-order valence-corrected chi connectivity index (χ2v) is 3.12. The Morgan fingerprint density at radius 3 is 2.90 bits per heavy atom. The number of nitrogens with one attached hydrogen (secondary N) is 1. The summed E-state index contributed by atoms with van der Waals surface area (Å²) in [5.74, 6) is 0. The maximum Gasteiger partial charge on any atom is 0.0593 e. The molecule has 0 aromatic carbocycles. The topological polar surface area (TPSA) is 12.0 Å². The summed E-state index contributed by atoms with van der Waals surface area (Å²) in [5.41, 5.74) is 1.02. The van der Waals surface area contributed by atoms with Gasteiger partial charge < -0.3 is 5.32 Å². The van der Waals surface area contributed by atoms with Crippen LogP contribution in [0.25, 0.3) is 0 Å². The van der Waals surface area contributed by atoms with Crippen molar-refractivity contribution in [1.29, 1.82) is 0 Å². The van der Waals surface area contributed by atoms with Gasteiger partial charge in [0.05, 0.1) is 10.4 Å². The van der Waals surface area contributed by atoms with E-state index < -0.39 is 0 Å². The van der Waals surface area contributed by atoms with Crippen molar-refractivity contribution in [3.8, 4) is 0 Å². The van der Waals surface area contributed by atoms with Crippen molar-refractivity contribution in [2.24, 2.45) is 0 Å². The minimum absolute atomic E-state index is 0.0879. The van der Waals surface area contributed by atoms with Gasteiger partial charge in [0.2, 0.25) is 0 Å². The third-order valence-corrected chi connectivity index (χ3v) is 2.09.